The Morgan fingerprint density at radius 1 is 1.53 bits per heavy atom. The van der Waals surface area contributed by atoms with Crippen LogP contribution in [0, 0.1) is 5.82 Å². The van der Waals surface area contributed by atoms with Crippen molar-refractivity contribution in [1.82, 2.24) is 4.98 Å². The summed E-state index contributed by atoms with van der Waals surface area (Å²) in [5.74, 6) is -0.410. The fourth-order valence-electron chi connectivity index (χ4n) is 1.43. The van der Waals surface area contributed by atoms with Gasteiger partial charge < -0.3 is 11.1 Å². The van der Waals surface area contributed by atoms with E-state index >= 15 is 0 Å². The molecule has 1 aromatic carbocycles. The van der Waals surface area contributed by atoms with E-state index in [1.807, 2.05) is 0 Å². The molecule has 3 N–H and O–H groups in total. The van der Waals surface area contributed by atoms with Crippen molar-refractivity contribution in [2.75, 3.05) is 5.32 Å². The van der Waals surface area contributed by atoms with Gasteiger partial charge in [-0.25, -0.2) is 4.39 Å². The molecule has 2 aromatic rings. The van der Waals surface area contributed by atoms with E-state index in [2.05, 4.69) is 10.3 Å². The summed E-state index contributed by atoms with van der Waals surface area (Å²) in [5, 5.41) is 3.10. The van der Waals surface area contributed by atoms with Gasteiger partial charge in [0.05, 0.1) is 17.6 Å². The molecule has 0 atom stereocenters. The van der Waals surface area contributed by atoms with Gasteiger partial charge in [-0.15, -0.1) is 11.3 Å². The zero-order valence-electron chi connectivity index (χ0n) is 8.81. The maximum absolute atomic E-state index is 13.5. The number of anilines is 1. The molecule has 0 saturated heterocycles. The molecule has 0 amide bonds. The van der Waals surface area contributed by atoms with Crippen LogP contribution >= 0.6 is 23.6 Å². The third kappa shape index (κ3) is 2.78. The Labute approximate surface area is 107 Å². The molecule has 0 fully saturated rings. The Kier molecular flexibility index (Phi) is 3.65. The normalized spacial score (nSPS) is 10.2. The van der Waals surface area contributed by atoms with Gasteiger partial charge in [0.25, 0.3) is 0 Å². The van der Waals surface area contributed by atoms with Crippen LogP contribution in [0.2, 0.25) is 0 Å². The van der Waals surface area contributed by atoms with Crippen molar-refractivity contribution in [2.45, 2.75) is 6.54 Å². The van der Waals surface area contributed by atoms with Crippen LogP contribution in [0.3, 0.4) is 0 Å². The van der Waals surface area contributed by atoms with E-state index in [-0.39, 0.29) is 10.6 Å². The number of rotatable bonds is 4. The van der Waals surface area contributed by atoms with Gasteiger partial charge in [-0.2, -0.15) is 0 Å². The molecule has 0 unspecified atom stereocenters. The van der Waals surface area contributed by atoms with Crippen molar-refractivity contribution in [2.24, 2.45) is 5.73 Å². The van der Waals surface area contributed by atoms with E-state index in [0.717, 1.165) is 4.88 Å². The average Bonchev–Trinajstić information content (AvgIpc) is 2.78. The zero-order valence-corrected chi connectivity index (χ0v) is 10.4. The number of hydrogen-bond acceptors (Lipinski definition) is 4. The lowest BCUT2D eigenvalue weighted by Crippen LogP contribution is -2.15. The number of benzene rings is 1. The third-order valence-electron chi connectivity index (χ3n) is 2.20. The van der Waals surface area contributed by atoms with E-state index in [1.54, 1.807) is 23.8 Å². The molecule has 1 heterocycles. The number of thiazole rings is 1. The molecule has 0 saturated carbocycles. The lowest BCUT2D eigenvalue weighted by Gasteiger charge is -2.10. The minimum absolute atomic E-state index is 0.0508. The Morgan fingerprint density at radius 2 is 2.35 bits per heavy atom. The average molecular weight is 267 g/mol. The van der Waals surface area contributed by atoms with Crippen LogP contribution in [0.4, 0.5) is 10.1 Å². The Morgan fingerprint density at radius 3 is 3.00 bits per heavy atom. The molecule has 88 valence electrons. The minimum Gasteiger partial charge on any atom is -0.389 e. The maximum atomic E-state index is 13.5. The van der Waals surface area contributed by atoms with Gasteiger partial charge in [0.2, 0.25) is 0 Å². The molecule has 0 aliphatic carbocycles. The van der Waals surface area contributed by atoms with Crippen LogP contribution in [0.15, 0.2) is 29.9 Å². The summed E-state index contributed by atoms with van der Waals surface area (Å²) in [4.78, 5) is 5.07. The number of aromatic nitrogens is 1. The van der Waals surface area contributed by atoms with Gasteiger partial charge in [-0.05, 0) is 12.1 Å². The Balaban J connectivity index is 2.21. The molecular formula is C11H10FN3S2. The van der Waals surface area contributed by atoms with Crippen LogP contribution in [0.5, 0.6) is 0 Å². The quantitative estimate of drug-likeness (QED) is 0.836. The summed E-state index contributed by atoms with van der Waals surface area (Å²) in [6.45, 7) is 0.573. The molecule has 3 nitrogen and oxygen atoms in total. The van der Waals surface area contributed by atoms with Gasteiger partial charge >= 0.3 is 0 Å². The number of thiocarbonyl (C=S) groups is 1. The molecule has 0 spiro atoms. The third-order valence-corrected chi connectivity index (χ3v) is 3.18. The van der Waals surface area contributed by atoms with Crippen LogP contribution in [-0.2, 0) is 6.54 Å². The SMILES string of the molecule is NC(=S)c1c(F)cccc1NCc1cncs1. The molecule has 0 radical (unpaired) electrons. The second-order valence-corrected chi connectivity index (χ2v) is 4.76. The monoisotopic (exact) mass is 267 g/mol. The number of nitrogens with two attached hydrogens (primary N) is 1. The molecule has 1 aromatic heterocycles. The van der Waals surface area contributed by atoms with Crippen LogP contribution < -0.4 is 11.1 Å². The highest BCUT2D eigenvalue weighted by Gasteiger charge is 2.10. The highest BCUT2D eigenvalue weighted by atomic mass is 32.1. The minimum atomic E-state index is -0.410. The molecular weight excluding hydrogens is 257 g/mol. The van der Waals surface area contributed by atoms with E-state index in [9.17, 15) is 4.39 Å². The van der Waals surface area contributed by atoms with Crippen LogP contribution in [0.1, 0.15) is 10.4 Å². The summed E-state index contributed by atoms with van der Waals surface area (Å²) in [6, 6.07) is 4.71. The van der Waals surface area contributed by atoms with Crippen molar-refractivity contribution in [3.05, 3.63) is 46.2 Å². The highest BCUT2D eigenvalue weighted by molar-refractivity contribution is 7.80. The zero-order chi connectivity index (χ0) is 12.3. The van der Waals surface area contributed by atoms with Crippen molar-refractivity contribution in [3.63, 3.8) is 0 Å². The second-order valence-electron chi connectivity index (χ2n) is 3.35. The topological polar surface area (TPSA) is 50.9 Å². The lowest BCUT2D eigenvalue weighted by molar-refractivity contribution is 0.626. The molecule has 0 aliphatic rings. The first-order valence-corrected chi connectivity index (χ1v) is 6.17. The van der Waals surface area contributed by atoms with Gasteiger partial charge in [0.1, 0.15) is 10.8 Å². The van der Waals surface area contributed by atoms with Crippen molar-refractivity contribution < 1.29 is 4.39 Å². The summed E-state index contributed by atoms with van der Waals surface area (Å²) >= 11 is 6.37. The van der Waals surface area contributed by atoms with Gasteiger partial charge in [0.15, 0.2) is 0 Å². The lowest BCUT2D eigenvalue weighted by atomic mass is 10.1. The van der Waals surface area contributed by atoms with Gasteiger partial charge in [-0.3, -0.25) is 4.98 Å². The van der Waals surface area contributed by atoms with E-state index < -0.39 is 5.82 Å². The first-order valence-electron chi connectivity index (χ1n) is 4.88. The molecule has 0 bridgehead atoms. The molecule has 0 aliphatic heterocycles. The van der Waals surface area contributed by atoms with Crippen LogP contribution in [0.25, 0.3) is 0 Å². The van der Waals surface area contributed by atoms with Crippen LogP contribution in [-0.4, -0.2) is 9.97 Å². The summed E-state index contributed by atoms with van der Waals surface area (Å²) in [6.07, 6.45) is 1.76. The van der Waals surface area contributed by atoms with E-state index in [1.165, 1.54) is 17.4 Å². The Bertz CT molecular complexity index is 526. The second kappa shape index (κ2) is 5.20. The molecule has 17 heavy (non-hydrogen) atoms. The summed E-state index contributed by atoms with van der Waals surface area (Å²) in [7, 11) is 0. The first kappa shape index (κ1) is 11.9. The van der Waals surface area contributed by atoms with Gasteiger partial charge in [0, 0.05) is 16.8 Å². The predicted octanol–water partition coefficient (Wildman–Crippen LogP) is 2.53. The predicted molar refractivity (Wildman–Crippen MR) is 71.7 cm³/mol. The smallest absolute Gasteiger partial charge is 0.135 e. The summed E-state index contributed by atoms with van der Waals surface area (Å²) < 4.78 is 13.5. The highest BCUT2D eigenvalue weighted by Crippen LogP contribution is 2.20. The number of hydrogen-bond donors (Lipinski definition) is 2. The first-order chi connectivity index (χ1) is 8.18. The Hall–Kier alpha value is -1.53. The largest absolute Gasteiger partial charge is 0.389 e. The summed E-state index contributed by atoms with van der Waals surface area (Å²) in [5.41, 5.74) is 8.11. The standard InChI is InChI=1S/C11H10FN3S2/c12-8-2-1-3-9(10(8)11(13)16)15-5-7-4-14-6-17-7/h1-4,6,15H,5H2,(H2,13,16). The van der Waals surface area contributed by atoms with Gasteiger partial charge in [-0.1, -0.05) is 18.3 Å². The molecule has 2 rings (SSSR count). The maximum Gasteiger partial charge on any atom is 0.135 e. The fraction of sp³-hybridized carbons (Fsp3) is 0.0909. The number of halogens is 1. The van der Waals surface area contributed by atoms with Crippen molar-refractivity contribution >= 4 is 34.2 Å². The van der Waals surface area contributed by atoms with Crippen molar-refractivity contribution in [3.8, 4) is 0 Å². The molecule has 6 heteroatoms. The van der Waals surface area contributed by atoms with Crippen molar-refractivity contribution in [1.29, 1.82) is 0 Å². The van der Waals surface area contributed by atoms with E-state index in [0.29, 0.717) is 12.2 Å². The number of nitrogens with one attached hydrogen (secondary N) is 1. The number of nitrogens with zero attached hydrogens (tertiary/aromatic N) is 1. The fourth-order valence-corrected chi connectivity index (χ4v) is 2.18. The van der Waals surface area contributed by atoms with E-state index in [4.69, 9.17) is 18.0 Å².